The van der Waals surface area contributed by atoms with Crippen LogP contribution in [-0.4, -0.2) is 31.3 Å². The first-order valence-electron chi connectivity index (χ1n) is 6.01. The second-order valence-electron chi connectivity index (χ2n) is 4.08. The maximum Gasteiger partial charge on any atom is 0.184 e. The lowest BCUT2D eigenvalue weighted by atomic mass is 10.3. The summed E-state index contributed by atoms with van der Waals surface area (Å²) in [5.41, 5.74) is 0.996. The average Bonchev–Trinajstić information content (AvgIpc) is 2.71. The number of fused-ring (bicyclic) bond motifs is 1. The molecule has 18 heavy (non-hydrogen) atoms. The van der Waals surface area contributed by atoms with E-state index in [4.69, 9.17) is 9.47 Å². The van der Waals surface area contributed by atoms with Crippen LogP contribution >= 0.6 is 11.3 Å². The van der Waals surface area contributed by atoms with Gasteiger partial charge in [-0.25, -0.2) is 4.98 Å². The molecule has 0 aliphatic heterocycles. The molecule has 1 heterocycles. The molecule has 2 aromatic rings. The first-order chi connectivity index (χ1) is 8.72. The first-order valence-corrected chi connectivity index (χ1v) is 6.83. The molecule has 0 amide bonds. The van der Waals surface area contributed by atoms with E-state index in [1.807, 2.05) is 25.1 Å². The Balaban J connectivity index is 2.16. The van der Waals surface area contributed by atoms with Crippen LogP contribution < -0.4 is 10.1 Å². The lowest BCUT2D eigenvalue weighted by Crippen LogP contribution is -2.20. The van der Waals surface area contributed by atoms with Crippen molar-refractivity contribution >= 4 is 26.7 Å². The minimum absolute atomic E-state index is 0.252. The molecular formula is C13H18N2O2S. The Bertz CT molecular complexity index is 513. The first kappa shape index (κ1) is 13.1. The van der Waals surface area contributed by atoms with Crippen molar-refractivity contribution < 1.29 is 9.47 Å². The van der Waals surface area contributed by atoms with Gasteiger partial charge in [-0.05, 0) is 32.0 Å². The van der Waals surface area contributed by atoms with Crippen molar-refractivity contribution in [3.63, 3.8) is 0 Å². The van der Waals surface area contributed by atoms with Crippen molar-refractivity contribution in [1.82, 2.24) is 4.98 Å². The van der Waals surface area contributed by atoms with E-state index < -0.39 is 0 Å². The van der Waals surface area contributed by atoms with Crippen molar-refractivity contribution in [2.75, 3.05) is 25.6 Å². The van der Waals surface area contributed by atoms with Gasteiger partial charge in [0.2, 0.25) is 0 Å². The zero-order valence-corrected chi connectivity index (χ0v) is 11.7. The summed E-state index contributed by atoms with van der Waals surface area (Å²) in [7, 11) is 1.70. The highest BCUT2D eigenvalue weighted by Crippen LogP contribution is 2.29. The molecule has 0 aliphatic carbocycles. The van der Waals surface area contributed by atoms with E-state index in [1.54, 1.807) is 18.4 Å². The van der Waals surface area contributed by atoms with Crippen LogP contribution in [0.15, 0.2) is 18.2 Å². The SMILES string of the molecule is CCOc1ccc2nc(NC(C)COC)sc2c1. The molecule has 4 nitrogen and oxygen atoms in total. The predicted octanol–water partition coefficient (Wildman–Crippen LogP) is 3.14. The largest absolute Gasteiger partial charge is 0.494 e. The summed E-state index contributed by atoms with van der Waals surface area (Å²) in [6.07, 6.45) is 0. The van der Waals surface area contributed by atoms with Crippen LogP contribution in [0.4, 0.5) is 5.13 Å². The number of rotatable bonds is 6. The third-order valence-electron chi connectivity index (χ3n) is 2.46. The summed E-state index contributed by atoms with van der Waals surface area (Å²) in [4.78, 5) is 4.53. The normalized spacial score (nSPS) is 12.6. The smallest absolute Gasteiger partial charge is 0.184 e. The highest BCUT2D eigenvalue weighted by molar-refractivity contribution is 7.22. The summed E-state index contributed by atoms with van der Waals surface area (Å²) in [6, 6.07) is 6.22. The van der Waals surface area contributed by atoms with Crippen LogP contribution in [0.2, 0.25) is 0 Å². The van der Waals surface area contributed by atoms with E-state index in [1.165, 1.54) is 0 Å². The maximum absolute atomic E-state index is 5.48. The molecule has 0 fully saturated rings. The lowest BCUT2D eigenvalue weighted by Gasteiger charge is -2.10. The number of aromatic nitrogens is 1. The highest BCUT2D eigenvalue weighted by atomic mass is 32.1. The van der Waals surface area contributed by atoms with Crippen LogP contribution in [-0.2, 0) is 4.74 Å². The fraction of sp³-hybridized carbons (Fsp3) is 0.462. The van der Waals surface area contributed by atoms with Crippen molar-refractivity contribution in [2.45, 2.75) is 19.9 Å². The summed E-state index contributed by atoms with van der Waals surface area (Å²) >= 11 is 1.63. The van der Waals surface area contributed by atoms with Gasteiger partial charge in [-0.2, -0.15) is 0 Å². The molecule has 0 spiro atoms. The monoisotopic (exact) mass is 266 g/mol. The number of hydrogen-bond acceptors (Lipinski definition) is 5. The van der Waals surface area contributed by atoms with E-state index in [2.05, 4.69) is 17.2 Å². The molecule has 1 N–H and O–H groups in total. The lowest BCUT2D eigenvalue weighted by molar-refractivity contribution is 0.190. The minimum Gasteiger partial charge on any atom is -0.494 e. The molecule has 2 rings (SSSR count). The van der Waals surface area contributed by atoms with Crippen LogP contribution in [0.3, 0.4) is 0 Å². The third kappa shape index (κ3) is 3.11. The Morgan fingerprint density at radius 1 is 1.44 bits per heavy atom. The van der Waals surface area contributed by atoms with Crippen molar-refractivity contribution in [1.29, 1.82) is 0 Å². The fourth-order valence-corrected chi connectivity index (χ4v) is 2.73. The molecule has 0 radical (unpaired) electrons. The Morgan fingerprint density at radius 3 is 3.00 bits per heavy atom. The van der Waals surface area contributed by atoms with Crippen molar-refractivity contribution in [3.8, 4) is 5.75 Å². The second kappa shape index (κ2) is 6.02. The van der Waals surface area contributed by atoms with Gasteiger partial charge in [0.1, 0.15) is 5.75 Å². The highest BCUT2D eigenvalue weighted by Gasteiger charge is 2.07. The minimum atomic E-state index is 0.252. The number of benzene rings is 1. The topological polar surface area (TPSA) is 43.4 Å². The van der Waals surface area contributed by atoms with Gasteiger partial charge >= 0.3 is 0 Å². The van der Waals surface area contributed by atoms with Gasteiger partial charge in [-0.15, -0.1) is 0 Å². The quantitative estimate of drug-likeness (QED) is 0.872. The Morgan fingerprint density at radius 2 is 2.28 bits per heavy atom. The van der Waals surface area contributed by atoms with Crippen LogP contribution in [0.5, 0.6) is 5.75 Å². The maximum atomic E-state index is 5.48. The molecule has 1 atom stereocenters. The molecular weight excluding hydrogens is 248 g/mol. The molecule has 1 aromatic heterocycles. The molecule has 0 bridgehead atoms. The molecule has 1 unspecified atom stereocenters. The van der Waals surface area contributed by atoms with Gasteiger partial charge in [-0.1, -0.05) is 11.3 Å². The van der Waals surface area contributed by atoms with Crippen LogP contribution in [0.1, 0.15) is 13.8 Å². The summed E-state index contributed by atoms with van der Waals surface area (Å²) in [6.45, 7) is 5.40. The molecule has 1 aromatic carbocycles. The van der Waals surface area contributed by atoms with E-state index >= 15 is 0 Å². The van der Waals surface area contributed by atoms with E-state index in [-0.39, 0.29) is 6.04 Å². The van der Waals surface area contributed by atoms with Gasteiger partial charge in [0, 0.05) is 13.2 Å². The molecule has 0 aliphatic rings. The van der Waals surface area contributed by atoms with Gasteiger partial charge < -0.3 is 14.8 Å². The van der Waals surface area contributed by atoms with Crippen molar-refractivity contribution in [3.05, 3.63) is 18.2 Å². The third-order valence-corrected chi connectivity index (χ3v) is 3.41. The van der Waals surface area contributed by atoms with Crippen molar-refractivity contribution in [2.24, 2.45) is 0 Å². The van der Waals surface area contributed by atoms with Gasteiger partial charge in [0.05, 0.1) is 23.4 Å². The fourth-order valence-electron chi connectivity index (χ4n) is 1.73. The van der Waals surface area contributed by atoms with E-state index in [9.17, 15) is 0 Å². The number of nitrogens with one attached hydrogen (secondary N) is 1. The summed E-state index contributed by atoms with van der Waals surface area (Å²) in [5, 5.41) is 4.24. The van der Waals surface area contributed by atoms with Crippen LogP contribution in [0.25, 0.3) is 10.2 Å². The Labute approximate surface area is 111 Å². The molecule has 0 saturated heterocycles. The Kier molecular flexibility index (Phi) is 4.38. The van der Waals surface area contributed by atoms with Gasteiger partial charge in [-0.3, -0.25) is 0 Å². The molecule has 98 valence electrons. The average molecular weight is 266 g/mol. The summed E-state index contributed by atoms with van der Waals surface area (Å²) < 4.78 is 11.7. The Hall–Kier alpha value is -1.33. The van der Waals surface area contributed by atoms with Gasteiger partial charge in [0.25, 0.3) is 0 Å². The number of hydrogen-bond donors (Lipinski definition) is 1. The predicted molar refractivity (Wildman–Crippen MR) is 75.7 cm³/mol. The zero-order valence-electron chi connectivity index (χ0n) is 10.9. The number of methoxy groups -OCH3 is 1. The molecule has 5 heteroatoms. The van der Waals surface area contributed by atoms with Gasteiger partial charge in [0.15, 0.2) is 5.13 Å². The zero-order chi connectivity index (χ0) is 13.0. The molecule has 0 saturated carbocycles. The number of thiazole rings is 1. The van der Waals surface area contributed by atoms with E-state index in [0.29, 0.717) is 13.2 Å². The summed E-state index contributed by atoms with van der Waals surface area (Å²) in [5.74, 6) is 0.894. The van der Waals surface area contributed by atoms with E-state index in [0.717, 1.165) is 21.1 Å². The van der Waals surface area contributed by atoms with Crippen LogP contribution in [0, 0.1) is 0 Å². The second-order valence-corrected chi connectivity index (χ2v) is 5.11. The number of nitrogens with zero attached hydrogens (tertiary/aromatic N) is 1. The number of ether oxygens (including phenoxy) is 2. The number of anilines is 1. The standard InChI is InChI=1S/C13H18N2O2S/c1-4-17-10-5-6-11-12(7-10)18-13(15-11)14-9(2)8-16-3/h5-7,9H,4,8H2,1-3H3,(H,14,15).